The van der Waals surface area contributed by atoms with Gasteiger partial charge in [0.2, 0.25) is 10.0 Å². The number of likely N-dealkylation sites (N-methyl/N-ethyl adjacent to an activating group) is 1. The number of halogens is 2. The van der Waals surface area contributed by atoms with Crippen molar-refractivity contribution in [2.45, 2.75) is 18.4 Å². The number of carbonyl (C=O) groups excluding carboxylic acids is 1. The van der Waals surface area contributed by atoms with Crippen LogP contribution in [0.1, 0.15) is 23.6 Å². The van der Waals surface area contributed by atoms with Gasteiger partial charge in [-0.3, -0.25) is 4.79 Å². The van der Waals surface area contributed by atoms with Crippen molar-refractivity contribution in [3.8, 4) is 0 Å². The van der Waals surface area contributed by atoms with Crippen LogP contribution >= 0.6 is 27.5 Å². The largest absolute Gasteiger partial charge is 0.379 e. The third-order valence-electron chi connectivity index (χ3n) is 7.42. The summed E-state index contributed by atoms with van der Waals surface area (Å²) in [4.78, 5) is 15.5. The number of morpholine rings is 1. The minimum absolute atomic E-state index is 0.152. The number of anilines is 1. The molecular weight excluding hydrogens is 614 g/mol. The number of hydrogen-bond donors (Lipinski definition) is 0. The summed E-state index contributed by atoms with van der Waals surface area (Å²) in [5.41, 5.74) is 4.63. The van der Waals surface area contributed by atoms with Crippen LogP contribution in [0.15, 0.2) is 76.2 Å². The zero-order chi connectivity index (χ0) is 28.0. The second-order valence-corrected chi connectivity index (χ2v) is 13.0. The topological polar surface area (TPSA) is 71.9 Å². The first-order valence-electron chi connectivity index (χ1n) is 13.1. The van der Waals surface area contributed by atoms with Crippen molar-refractivity contribution in [3.63, 3.8) is 0 Å². The van der Waals surface area contributed by atoms with Gasteiger partial charge in [0, 0.05) is 69.5 Å². The van der Waals surface area contributed by atoms with E-state index in [9.17, 15) is 13.2 Å². The van der Waals surface area contributed by atoms with Crippen LogP contribution in [-0.4, -0.2) is 56.0 Å². The van der Waals surface area contributed by atoms with Gasteiger partial charge in [0.05, 0.1) is 23.8 Å². The molecule has 1 saturated heterocycles. The lowest BCUT2D eigenvalue weighted by atomic mass is 10.0. The zero-order valence-corrected chi connectivity index (χ0v) is 25.0. The first kappa shape index (κ1) is 27.2. The van der Waals surface area contributed by atoms with Gasteiger partial charge in [0.15, 0.2) is 0 Å². The van der Waals surface area contributed by atoms with Crippen molar-refractivity contribution in [1.82, 2.24) is 8.87 Å². The average molecular weight is 641 g/mol. The highest BCUT2D eigenvalue weighted by molar-refractivity contribution is 9.10. The highest BCUT2D eigenvalue weighted by atomic mass is 79.9. The Labute approximate surface area is 246 Å². The van der Waals surface area contributed by atoms with Crippen LogP contribution in [0.4, 0.5) is 5.69 Å². The van der Waals surface area contributed by atoms with E-state index in [0.717, 1.165) is 26.5 Å². The Bertz CT molecular complexity index is 1780. The molecule has 0 saturated carbocycles. The fourth-order valence-corrected chi connectivity index (χ4v) is 7.39. The Hall–Kier alpha value is -2.95. The molecule has 3 aromatic carbocycles. The van der Waals surface area contributed by atoms with Crippen molar-refractivity contribution in [3.05, 3.63) is 93.0 Å². The highest BCUT2D eigenvalue weighted by Gasteiger charge is 2.34. The predicted molar refractivity (Wildman–Crippen MR) is 162 cm³/mol. The number of sulfonamides is 1. The average Bonchev–Trinajstić information content (AvgIpc) is 3.43. The molecule has 1 amide bonds. The van der Waals surface area contributed by atoms with E-state index >= 15 is 0 Å². The molecule has 40 heavy (non-hydrogen) atoms. The molecular formula is C30H27BrClN3O4S. The van der Waals surface area contributed by atoms with E-state index in [4.69, 9.17) is 16.3 Å². The molecule has 0 radical (unpaired) electrons. The summed E-state index contributed by atoms with van der Waals surface area (Å²) in [5.74, 6) is -0.152. The van der Waals surface area contributed by atoms with Crippen molar-refractivity contribution in [2.75, 3.05) is 37.7 Å². The van der Waals surface area contributed by atoms with Crippen LogP contribution in [-0.2, 0) is 26.1 Å². The fourth-order valence-electron chi connectivity index (χ4n) is 5.39. The van der Waals surface area contributed by atoms with E-state index in [1.165, 1.54) is 4.31 Å². The van der Waals surface area contributed by atoms with Crippen LogP contribution in [0, 0.1) is 0 Å². The molecule has 0 aliphatic carbocycles. The summed E-state index contributed by atoms with van der Waals surface area (Å²) in [7, 11) is -3.72. The maximum absolute atomic E-state index is 13.7. The summed E-state index contributed by atoms with van der Waals surface area (Å²) < 4.78 is 36.7. The van der Waals surface area contributed by atoms with E-state index < -0.39 is 10.0 Å². The number of ether oxygens (including phenoxy) is 1. The monoisotopic (exact) mass is 639 g/mol. The van der Waals surface area contributed by atoms with Crippen LogP contribution < -0.4 is 4.90 Å². The van der Waals surface area contributed by atoms with E-state index in [0.29, 0.717) is 61.2 Å². The van der Waals surface area contributed by atoms with E-state index in [1.807, 2.05) is 61.7 Å². The number of rotatable bonds is 6. The number of nitrogens with zero attached hydrogens (tertiary/aromatic N) is 3. The Morgan fingerprint density at radius 2 is 1.82 bits per heavy atom. The molecule has 1 fully saturated rings. The molecule has 0 spiro atoms. The molecule has 206 valence electrons. The summed E-state index contributed by atoms with van der Waals surface area (Å²) in [6.45, 7) is 4.29. The Morgan fingerprint density at radius 3 is 2.58 bits per heavy atom. The number of benzene rings is 3. The van der Waals surface area contributed by atoms with Crippen LogP contribution in [0.3, 0.4) is 0 Å². The van der Waals surface area contributed by atoms with E-state index in [1.54, 1.807) is 23.1 Å². The van der Waals surface area contributed by atoms with E-state index in [-0.39, 0.29) is 10.8 Å². The molecule has 0 unspecified atom stereocenters. The third kappa shape index (κ3) is 4.80. The van der Waals surface area contributed by atoms with E-state index in [2.05, 4.69) is 20.5 Å². The first-order valence-corrected chi connectivity index (χ1v) is 15.7. The van der Waals surface area contributed by atoms with Gasteiger partial charge in [-0.2, -0.15) is 4.31 Å². The van der Waals surface area contributed by atoms with Gasteiger partial charge in [-0.1, -0.05) is 45.7 Å². The quantitative estimate of drug-likeness (QED) is 0.241. The lowest BCUT2D eigenvalue weighted by Crippen LogP contribution is -2.40. The summed E-state index contributed by atoms with van der Waals surface area (Å²) in [6, 6.07) is 18.8. The highest BCUT2D eigenvalue weighted by Crippen LogP contribution is 2.40. The summed E-state index contributed by atoms with van der Waals surface area (Å²) >= 11 is 10.1. The molecule has 6 rings (SSSR count). The van der Waals surface area contributed by atoms with Crippen molar-refractivity contribution < 1.29 is 17.9 Å². The number of amides is 1. The third-order valence-corrected chi connectivity index (χ3v) is 10.2. The minimum atomic E-state index is -3.72. The number of fused-ring (bicyclic) bond motifs is 2. The van der Waals surface area contributed by atoms with Crippen molar-refractivity contribution in [2.24, 2.45) is 0 Å². The van der Waals surface area contributed by atoms with Crippen molar-refractivity contribution >= 4 is 71.7 Å². The van der Waals surface area contributed by atoms with Gasteiger partial charge in [0.1, 0.15) is 0 Å². The minimum Gasteiger partial charge on any atom is -0.379 e. The number of hydrogen-bond acceptors (Lipinski definition) is 4. The molecule has 3 heterocycles. The standard InChI is InChI=1S/C30H27BrClN3O4S/c1-2-35-29-10-8-23(40(37,38)34-11-13-39-14-12-34)17-25(29)26(30(35)36)15-21-19-33(18-20-5-3-4-6-27(20)32)28-9-7-22(31)16-24(21)28/h3-10,15-17,19H,2,11-14,18H2,1H3. The molecule has 0 bridgehead atoms. The Morgan fingerprint density at radius 1 is 1.05 bits per heavy atom. The summed E-state index contributed by atoms with van der Waals surface area (Å²) in [6.07, 6.45) is 3.89. The van der Waals surface area contributed by atoms with Gasteiger partial charge in [-0.25, -0.2) is 8.42 Å². The molecule has 7 nitrogen and oxygen atoms in total. The van der Waals surface area contributed by atoms with Gasteiger partial charge < -0.3 is 14.2 Å². The fraction of sp³-hybridized carbons (Fsp3) is 0.233. The maximum atomic E-state index is 13.7. The molecule has 2 aliphatic heterocycles. The van der Waals surface area contributed by atoms with Crippen LogP contribution in [0.2, 0.25) is 5.02 Å². The van der Waals surface area contributed by atoms with Gasteiger partial charge in [0.25, 0.3) is 5.91 Å². The molecule has 0 atom stereocenters. The Kier molecular flexibility index (Phi) is 7.35. The Balaban J connectivity index is 1.48. The molecule has 10 heteroatoms. The second kappa shape index (κ2) is 10.8. The molecule has 1 aromatic heterocycles. The number of carbonyl (C=O) groups is 1. The first-order chi connectivity index (χ1) is 19.3. The zero-order valence-electron chi connectivity index (χ0n) is 21.8. The SMILES string of the molecule is CCN1C(=O)C(=Cc2cn(Cc3ccccc3Cl)c3ccc(Br)cc23)c2cc(S(=O)(=O)N3CCOCC3)ccc21. The summed E-state index contributed by atoms with van der Waals surface area (Å²) in [5, 5.41) is 1.66. The van der Waals surface area contributed by atoms with Gasteiger partial charge >= 0.3 is 0 Å². The normalized spacial score (nSPS) is 17.2. The lowest BCUT2D eigenvalue weighted by Gasteiger charge is -2.26. The van der Waals surface area contributed by atoms with Crippen LogP contribution in [0.25, 0.3) is 22.6 Å². The smallest absolute Gasteiger partial charge is 0.258 e. The number of aromatic nitrogens is 1. The second-order valence-electron chi connectivity index (χ2n) is 9.77. The molecule has 0 N–H and O–H groups in total. The van der Waals surface area contributed by atoms with Crippen LogP contribution in [0.5, 0.6) is 0 Å². The van der Waals surface area contributed by atoms with Gasteiger partial charge in [-0.15, -0.1) is 0 Å². The van der Waals surface area contributed by atoms with Crippen molar-refractivity contribution in [1.29, 1.82) is 0 Å². The molecule has 4 aromatic rings. The lowest BCUT2D eigenvalue weighted by molar-refractivity contribution is -0.112. The predicted octanol–water partition coefficient (Wildman–Crippen LogP) is 6.03. The molecule has 2 aliphatic rings. The maximum Gasteiger partial charge on any atom is 0.258 e. The van der Waals surface area contributed by atoms with Gasteiger partial charge in [-0.05, 0) is 61.0 Å².